The molecule has 0 amide bonds. The summed E-state index contributed by atoms with van der Waals surface area (Å²) in [5, 5.41) is 0.766. The molecule has 0 saturated carbocycles. The molecule has 8 nitrogen and oxygen atoms in total. The van der Waals surface area contributed by atoms with Crippen molar-refractivity contribution in [3.8, 4) is 11.5 Å². The van der Waals surface area contributed by atoms with E-state index in [9.17, 15) is 8.42 Å². The van der Waals surface area contributed by atoms with Gasteiger partial charge in [0.05, 0.1) is 26.9 Å². The molecule has 1 aliphatic heterocycles. The monoisotopic (exact) mass is 407 g/mol. The third kappa shape index (κ3) is 4.27. The van der Waals surface area contributed by atoms with Gasteiger partial charge in [0.1, 0.15) is 5.25 Å². The Bertz CT molecular complexity index is 892. The zero-order valence-corrected chi connectivity index (χ0v) is 17.0. The van der Waals surface area contributed by atoms with E-state index in [1.807, 2.05) is 24.3 Å². The molecule has 1 N–H and O–H groups in total. The van der Waals surface area contributed by atoms with E-state index in [1.165, 1.54) is 7.11 Å². The predicted molar refractivity (Wildman–Crippen MR) is 105 cm³/mol. The number of sulfonamides is 1. The third-order valence-electron chi connectivity index (χ3n) is 4.75. The van der Waals surface area contributed by atoms with E-state index in [2.05, 4.69) is 9.71 Å². The van der Waals surface area contributed by atoms with Crippen molar-refractivity contribution < 1.29 is 22.7 Å². The van der Waals surface area contributed by atoms with Crippen LogP contribution in [0.1, 0.15) is 17.3 Å². The van der Waals surface area contributed by atoms with Gasteiger partial charge in [-0.25, -0.2) is 13.1 Å². The number of aromatic nitrogens is 1. The predicted octanol–water partition coefficient (Wildman–Crippen LogP) is 1.55. The summed E-state index contributed by atoms with van der Waals surface area (Å²) in [5.41, 5.74) is 1.53. The summed E-state index contributed by atoms with van der Waals surface area (Å²) < 4.78 is 39.5. The first kappa shape index (κ1) is 20.5. The first-order valence-electron chi connectivity index (χ1n) is 8.93. The molecular weight excluding hydrogens is 382 g/mol. The summed E-state index contributed by atoms with van der Waals surface area (Å²) >= 11 is 0. The van der Waals surface area contributed by atoms with Crippen LogP contribution in [0.3, 0.4) is 0 Å². The number of methoxy groups -OCH3 is 2. The highest BCUT2D eigenvalue weighted by molar-refractivity contribution is 7.90. The average molecular weight is 407 g/mol. The lowest BCUT2D eigenvalue weighted by molar-refractivity contribution is -0.110. The number of hydrogen-bond donors (Lipinski definition) is 1. The van der Waals surface area contributed by atoms with Crippen molar-refractivity contribution in [2.75, 3.05) is 34.4 Å². The molecule has 1 aromatic heterocycles. The highest BCUT2D eigenvalue weighted by Crippen LogP contribution is 2.41. The van der Waals surface area contributed by atoms with Gasteiger partial charge >= 0.3 is 0 Å². The lowest BCUT2D eigenvalue weighted by atomic mass is 10.0. The highest BCUT2D eigenvalue weighted by Gasteiger charge is 2.44. The van der Waals surface area contributed by atoms with Gasteiger partial charge in [-0.1, -0.05) is 18.2 Å². The SMILES string of the molecule is COc1cccc(C2C(S(=O)(=O)NCCc3ccccn3)CON2C)c1OC. The molecule has 1 aromatic carbocycles. The van der Waals surface area contributed by atoms with E-state index < -0.39 is 21.3 Å². The smallest absolute Gasteiger partial charge is 0.218 e. The lowest BCUT2D eigenvalue weighted by Crippen LogP contribution is -2.40. The van der Waals surface area contributed by atoms with Gasteiger partial charge in [0.2, 0.25) is 10.0 Å². The van der Waals surface area contributed by atoms with Crippen molar-refractivity contribution in [1.82, 2.24) is 14.8 Å². The normalized spacial score (nSPS) is 20.2. The summed E-state index contributed by atoms with van der Waals surface area (Å²) in [7, 11) is 1.15. The summed E-state index contributed by atoms with van der Waals surface area (Å²) in [6, 6.07) is 10.4. The topological polar surface area (TPSA) is 90.0 Å². The van der Waals surface area contributed by atoms with Crippen LogP contribution >= 0.6 is 0 Å². The van der Waals surface area contributed by atoms with Crippen LogP contribution in [0.2, 0.25) is 0 Å². The van der Waals surface area contributed by atoms with Crippen LogP contribution in [-0.2, 0) is 21.3 Å². The molecule has 0 aliphatic carbocycles. The Kier molecular flexibility index (Phi) is 6.50. The molecule has 2 atom stereocenters. The molecule has 2 heterocycles. The van der Waals surface area contributed by atoms with Gasteiger partial charge < -0.3 is 9.47 Å². The van der Waals surface area contributed by atoms with Crippen molar-refractivity contribution in [1.29, 1.82) is 0 Å². The number of hydrogen-bond acceptors (Lipinski definition) is 7. The fraction of sp³-hybridized carbons (Fsp3) is 0.421. The number of hydroxylamine groups is 2. The van der Waals surface area contributed by atoms with Crippen LogP contribution in [0.15, 0.2) is 42.6 Å². The molecular formula is C19H25N3O5S. The quantitative estimate of drug-likeness (QED) is 0.710. The molecule has 0 bridgehead atoms. The number of benzene rings is 1. The fourth-order valence-corrected chi connectivity index (χ4v) is 4.87. The van der Waals surface area contributed by atoms with Crippen LogP contribution in [0, 0.1) is 0 Å². The lowest BCUT2D eigenvalue weighted by Gasteiger charge is -2.25. The van der Waals surface area contributed by atoms with Gasteiger partial charge in [0.25, 0.3) is 0 Å². The second-order valence-electron chi connectivity index (χ2n) is 6.42. The van der Waals surface area contributed by atoms with Gasteiger partial charge in [-0.2, -0.15) is 5.06 Å². The first-order valence-corrected chi connectivity index (χ1v) is 10.5. The van der Waals surface area contributed by atoms with Gasteiger partial charge in [-0.05, 0) is 18.2 Å². The zero-order valence-electron chi connectivity index (χ0n) is 16.2. The van der Waals surface area contributed by atoms with Crippen LogP contribution in [0.25, 0.3) is 0 Å². The summed E-state index contributed by atoms with van der Waals surface area (Å²) in [4.78, 5) is 9.78. The largest absolute Gasteiger partial charge is 0.493 e. The minimum Gasteiger partial charge on any atom is -0.493 e. The van der Waals surface area contributed by atoms with E-state index in [4.69, 9.17) is 14.3 Å². The maximum absolute atomic E-state index is 13.0. The number of nitrogens with zero attached hydrogens (tertiary/aromatic N) is 2. The molecule has 2 aromatic rings. The van der Waals surface area contributed by atoms with Crippen LogP contribution in [-0.4, -0.2) is 58.1 Å². The Hall–Kier alpha value is -2.20. The molecule has 1 saturated heterocycles. The second-order valence-corrected chi connectivity index (χ2v) is 8.40. The number of nitrogens with one attached hydrogen (secondary N) is 1. The number of ether oxygens (including phenoxy) is 2. The Labute approximate surface area is 165 Å². The van der Waals surface area contributed by atoms with E-state index in [1.54, 1.807) is 37.6 Å². The van der Waals surface area contributed by atoms with Crippen molar-refractivity contribution in [3.63, 3.8) is 0 Å². The second kappa shape index (κ2) is 8.87. The molecule has 1 aliphatic rings. The number of para-hydroxylation sites is 1. The molecule has 0 spiro atoms. The fourth-order valence-electron chi connectivity index (χ4n) is 3.37. The van der Waals surface area contributed by atoms with E-state index in [-0.39, 0.29) is 13.2 Å². The minimum absolute atomic E-state index is 0.0560. The van der Waals surface area contributed by atoms with Crippen LogP contribution < -0.4 is 14.2 Å². The maximum Gasteiger partial charge on any atom is 0.218 e. The summed E-state index contributed by atoms with van der Waals surface area (Å²) in [6.07, 6.45) is 2.20. The molecule has 28 heavy (non-hydrogen) atoms. The van der Waals surface area contributed by atoms with Crippen LogP contribution in [0.4, 0.5) is 0 Å². The van der Waals surface area contributed by atoms with Crippen molar-refractivity contribution in [2.45, 2.75) is 17.7 Å². The molecule has 3 rings (SSSR count). The molecule has 152 valence electrons. The van der Waals surface area contributed by atoms with E-state index in [0.29, 0.717) is 23.5 Å². The molecule has 2 unspecified atom stereocenters. The molecule has 1 fully saturated rings. The number of rotatable bonds is 8. The highest BCUT2D eigenvalue weighted by atomic mass is 32.2. The average Bonchev–Trinajstić information content (AvgIpc) is 3.10. The third-order valence-corrected chi connectivity index (χ3v) is 6.54. The number of pyridine rings is 1. The standard InChI is InChI=1S/C19H25N3O5S/c1-22-18(15-8-6-9-16(25-2)19(15)26-3)17(13-27-22)28(23,24)21-12-10-14-7-4-5-11-20-14/h4-9,11,17-18,21H,10,12-13H2,1-3H3. The van der Waals surface area contributed by atoms with Gasteiger partial charge in [-0.15, -0.1) is 0 Å². The van der Waals surface area contributed by atoms with E-state index >= 15 is 0 Å². The van der Waals surface area contributed by atoms with Gasteiger partial charge in [0.15, 0.2) is 11.5 Å². The van der Waals surface area contributed by atoms with Crippen molar-refractivity contribution in [2.24, 2.45) is 0 Å². The summed E-state index contributed by atoms with van der Waals surface area (Å²) in [6.45, 7) is 0.321. The summed E-state index contributed by atoms with van der Waals surface area (Å²) in [5.74, 6) is 1.04. The Morgan fingerprint density at radius 3 is 2.71 bits per heavy atom. The molecule has 9 heteroatoms. The van der Waals surface area contributed by atoms with E-state index in [0.717, 1.165) is 5.69 Å². The molecule has 0 radical (unpaired) electrons. The Morgan fingerprint density at radius 2 is 2.04 bits per heavy atom. The minimum atomic E-state index is -3.65. The zero-order chi connectivity index (χ0) is 20.1. The van der Waals surface area contributed by atoms with Gasteiger partial charge in [-0.3, -0.25) is 9.82 Å². The van der Waals surface area contributed by atoms with Crippen LogP contribution in [0.5, 0.6) is 11.5 Å². The first-order chi connectivity index (χ1) is 13.5. The Morgan fingerprint density at radius 1 is 1.21 bits per heavy atom. The Balaban J connectivity index is 1.80. The van der Waals surface area contributed by atoms with Gasteiger partial charge in [0, 0.05) is 37.5 Å². The van der Waals surface area contributed by atoms with Crippen molar-refractivity contribution in [3.05, 3.63) is 53.9 Å². The maximum atomic E-state index is 13.0. The van der Waals surface area contributed by atoms with Crippen molar-refractivity contribution >= 4 is 10.0 Å².